The van der Waals surface area contributed by atoms with Crippen LogP contribution in [-0.4, -0.2) is 12.2 Å². The van der Waals surface area contributed by atoms with E-state index in [1.54, 1.807) is 13.2 Å². The molecule has 0 fully saturated rings. The molecule has 96 valence electrons. The van der Waals surface area contributed by atoms with Crippen LogP contribution in [0.5, 0.6) is 11.5 Å². The quantitative estimate of drug-likeness (QED) is 0.748. The van der Waals surface area contributed by atoms with E-state index in [4.69, 9.17) is 9.15 Å². The Morgan fingerprint density at radius 3 is 2.63 bits per heavy atom. The predicted molar refractivity (Wildman–Crippen MR) is 74.6 cm³/mol. The first-order valence-corrected chi connectivity index (χ1v) is 6.05. The van der Waals surface area contributed by atoms with Crippen LogP contribution >= 0.6 is 0 Å². The van der Waals surface area contributed by atoms with Crippen LogP contribution in [0.15, 0.2) is 46.9 Å². The fourth-order valence-electron chi connectivity index (χ4n) is 2.16. The smallest absolute Gasteiger partial charge is 0.135 e. The molecule has 2 aromatic carbocycles. The van der Waals surface area contributed by atoms with Crippen molar-refractivity contribution in [1.29, 1.82) is 0 Å². The monoisotopic (exact) mass is 254 g/mol. The van der Waals surface area contributed by atoms with Crippen LogP contribution in [0.2, 0.25) is 0 Å². The minimum absolute atomic E-state index is 0.204. The Bertz CT molecular complexity index is 708. The number of benzene rings is 2. The van der Waals surface area contributed by atoms with E-state index in [1.165, 1.54) is 0 Å². The molecular formula is C16H14O3. The summed E-state index contributed by atoms with van der Waals surface area (Å²) in [6, 6.07) is 13.3. The summed E-state index contributed by atoms with van der Waals surface area (Å²) in [7, 11) is 1.58. The Hall–Kier alpha value is -2.42. The Morgan fingerprint density at radius 2 is 1.89 bits per heavy atom. The molecule has 0 aliphatic carbocycles. The zero-order valence-corrected chi connectivity index (χ0v) is 10.8. The number of hydrogen-bond donors (Lipinski definition) is 1. The highest BCUT2D eigenvalue weighted by Crippen LogP contribution is 2.36. The average molecular weight is 254 g/mol. The molecule has 1 N–H and O–H groups in total. The topological polar surface area (TPSA) is 42.6 Å². The number of phenols is 1. The highest BCUT2D eigenvalue weighted by atomic mass is 16.5. The number of ether oxygens (including phenoxy) is 1. The summed E-state index contributed by atoms with van der Waals surface area (Å²) in [5.74, 6) is 1.54. The van der Waals surface area contributed by atoms with E-state index < -0.39 is 0 Å². The third-order valence-corrected chi connectivity index (χ3v) is 3.28. The van der Waals surface area contributed by atoms with Gasteiger partial charge in [0.25, 0.3) is 0 Å². The first-order valence-electron chi connectivity index (χ1n) is 6.05. The molecule has 0 aliphatic heterocycles. The van der Waals surface area contributed by atoms with Crippen molar-refractivity contribution in [2.75, 3.05) is 7.11 Å². The number of methoxy groups -OCH3 is 1. The third-order valence-electron chi connectivity index (χ3n) is 3.28. The Kier molecular flexibility index (Phi) is 2.67. The third kappa shape index (κ3) is 1.93. The Balaban J connectivity index is 2.23. The van der Waals surface area contributed by atoms with E-state index in [0.29, 0.717) is 5.75 Å². The second-order valence-electron chi connectivity index (χ2n) is 4.47. The van der Waals surface area contributed by atoms with Gasteiger partial charge in [0.2, 0.25) is 0 Å². The van der Waals surface area contributed by atoms with Crippen molar-refractivity contribution in [2.45, 2.75) is 6.92 Å². The first kappa shape index (κ1) is 11.7. The van der Waals surface area contributed by atoms with Crippen LogP contribution in [0.4, 0.5) is 0 Å². The molecule has 0 spiro atoms. The van der Waals surface area contributed by atoms with Gasteiger partial charge in [-0.2, -0.15) is 0 Å². The fourth-order valence-corrected chi connectivity index (χ4v) is 2.16. The summed E-state index contributed by atoms with van der Waals surface area (Å²) >= 11 is 0. The number of fused-ring (bicyclic) bond motifs is 1. The Morgan fingerprint density at radius 1 is 1.11 bits per heavy atom. The molecule has 3 heteroatoms. The minimum atomic E-state index is 0.204. The number of para-hydroxylation sites is 1. The van der Waals surface area contributed by atoms with Gasteiger partial charge in [-0.25, -0.2) is 0 Å². The summed E-state index contributed by atoms with van der Waals surface area (Å²) in [6.07, 6.45) is 0. The molecule has 3 aromatic rings. The van der Waals surface area contributed by atoms with E-state index in [9.17, 15) is 5.11 Å². The van der Waals surface area contributed by atoms with Crippen LogP contribution in [0.3, 0.4) is 0 Å². The summed E-state index contributed by atoms with van der Waals surface area (Å²) in [4.78, 5) is 0. The summed E-state index contributed by atoms with van der Waals surface area (Å²) < 4.78 is 11.0. The van der Waals surface area contributed by atoms with Crippen LogP contribution in [0.1, 0.15) is 5.56 Å². The van der Waals surface area contributed by atoms with Crippen molar-refractivity contribution in [3.63, 3.8) is 0 Å². The second-order valence-corrected chi connectivity index (χ2v) is 4.47. The number of rotatable bonds is 2. The largest absolute Gasteiger partial charge is 0.508 e. The van der Waals surface area contributed by atoms with Crippen molar-refractivity contribution in [1.82, 2.24) is 0 Å². The van der Waals surface area contributed by atoms with Crippen molar-refractivity contribution in [3.05, 3.63) is 48.0 Å². The van der Waals surface area contributed by atoms with Crippen LogP contribution in [0.25, 0.3) is 22.3 Å². The zero-order chi connectivity index (χ0) is 13.4. The molecule has 0 amide bonds. The number of furan rings is 1. The van der Waals surface area contributed by atoms with Gasteiger partial charge in [-0.1, -0.05) is 18.2 Å². The fraction of sp³-hybridized carbons (Fsp3) is 0.125. The lowest BCUT2D eigenvalue weighted by molar-refractivity contribution is 0.407. The maximum atomic E-state index is 9.93. The lowest BCUT2D eigenvalue weighted by atomic mass is 10.0. The van der Waals surface area contributed by atoms with Gasteiger partial charge in [0, 0.05) is 22.6 Å². The number of hydrogen-bond acceptors (Lipinski definition) is 3. The normalized spacial score (nSPS) is 10.8. The molecule has 19 heavy (non-hydrogen) atoms. The van der Waals surface area contributed by atoms with Crippen LogP contribution in [0, 0.1) is 6.92 Å². The maximum absolute atomic E-state index is 9.93. The van der Waals surface area contributed by atoms with Gasteiger partial charge in [0.05, 0.1) is 7.11 Å². The van der Waals surface area contributed by atoms with Gasteiger partial charge >= 0.3 is 0 Å². The molecule has 0 radical (unpaired) electrons. The van der Waals surface area contributed by atoms with Gasteiger partial charge < -0.3 is 14.3 Å². The van der Waals surface area contributed by atoms with Gasteiger partial charge in [-0.15, -0.1) is 0 Å². The molecule has 0 unspecified atom stereocenters. The molecule has 0 saturated heterocycles. The second kappa shape index (κ2) is 4.35. The average Bonchev–Trinajstić information content (AvgIpc) is 2.85. The lowest BCUT2D eigenvalue weighted by Crippen LogP contribution is -1.87. The molecule has 3 nitrogen and oxygen atoms in total. The molecule has 3 rings (SSSR count). The van der Waals surface area contributed by atoms with E-state index in [1.807, 2.05) is 43.3 Å². The first-order chi connectivity index (χ1) is 9.19. The van der Waals surface area contributed by atoms with Crippen molar-refractivity contribution >= 4 is 11.0 Å². The minimum Gasteiger partial charge on any atom is -0.508 e. The van der Waals surface area contributed by atoms with Crippen molar-refractivity contribution in [3.8, 4) is 22.8 Å². The van der Waals surface area contributed by atoms with Crippen molar-refractivity contribution in [2.24, 2.45) is 0 Å². The highest BCUT2D eigenvalue weighted by molar-refractivity contribution is 5.84. The standard InChI is InChI=1S/C16H14O3/c1-10-13(8-12(18-2)9-14(10)17)16-7-11-5-3-4-6-15(11)19-16/h3-9,17H,1-2H3. The number of phenolic OH excluding ortho intramolecular Hbond substituents is 1. The molecule has 1 aromatic heterocycles. The SMILES string of the molecule is COc1cc(O)c(C)c(-c2cc3ccccc3o2)c1. The highest BCUT2D eigenvalue weighted by Gasteiger charge is 2.13. The van der Waals surface area contributed by atoms with Gasteiger partial charge in [-0.3, -0.25) is 0 Å². The molecule has 0 saturated carbocycles. The Labute approximate surface area is 111 Å². The van der Waals surface area contributed by atoms with Crippen LogP contribution in [-0.2, 0) is 0 Å². The zero-order valence-electron chi connectivity index (χ0n) is 10.8. The van der Waals surface area contributed by atoms with Gasteiger partial charge in [0.1, 0.15) is 22.8 Å². The van der Waals surface area contributed by atoms with Gasteiger partial charge in [0.15, 0.2) is 0 Å². The number of aromatic hydroxyl groups is 1. The van der Waals surface area contributed by atoms with Gasteiger partial charge in [-0.05, 0) is 25.1 Å². The molecule has 0 atom stereocenters. The summed E-state index contributed by atoms with van der Waals surface area (Å²) in [5, 5.41) is 11.0. The van der Waals surface area contributed by atoms with E-state index >= 15 is 0 Å². The van der Waals surface area contributed by atoms with E-state index in [0.717, 1.165) is 27.9 Å². The molecule has 0 aliphatic rings. The molecule has 1 heterocycles. The summed E-state index contributed by atoms with van der Waals surface area (Å²) in [5.41, 5.74) is 2.45. The van der Waals surface area contributed by atoms with E-state index in [2.05, 4.69) is 0 Å². The van der Waals surface area contributed by atoms with Crippen molar-refractivity contribution < 1.29 is 14.3 Å². The van der Waals surface area contributed by atoms with E-state index in [-0.39, 0.29) is 5.75 Å². The molecule has 0 bridgehead atoms. The lowest BCUT2D eigenvalue weighted by Gasteiger charge is -2.08. The van der Waals surface area contributed by atoms with Crippen LogP contribution < -0.4 is 4.74 Å². The molecular weight excluding hydrogens is 240 g/mol. The predicted octanol–water partition coefficient (Wildman–Crippen LogP) is 4.12. The summed E-state index contributed by atoms with van der Waals surface area (Å²) in [6.45, 7) is 1.86. The maximum Gasteiger partial charge on any atom is 0.135 e.